The monoisotopic (exact) mass is 383 g/mol. The summed E-state index contributed by atoms with van der Waals surface area (Å²) in [5, 5.41) is 3.33. The van der Waals surface area contributed by atoms with Crippen molar-refractivity contribution in [3.8, 4) is 0 Å². The van der Waals surface area contributed by atoms with Gasteiger partial charge >= 0.3 is 0 Å². The summed E-state index contributed by atoms with van der Waals surface area (Å²) >= 11 is 0. The Labute approximate surface area is 166 Å². The second kappa shape index (κ2) is 10.2. The second-order valence-electron chi connectivity index (χ2n) is 7.25. The third-order valence-electron chi connectivity index (χ3n) is 5.20. The number of rotatable bonds is 6. The fourth-order valence-corrected chi connectivity index (χ4v) is 3.55. The highest BCUT2D eigenvalue weighted by Gasteiger charge is 2.23. The second-order valence-corrected chi connectivity index (χ2v) is 7.25. The van der Waals surface area contributed by atoms with Crippen LogP contribution in [-0.4, -0.2) is 41.0 Å². The molecule has 1 fully saturated rings. The third-order valence-corrected chi connectivity index (χ3v) is 5.20. The molecule has 1 aliphatic carbocycles. The molecule has 0 spiro atoms. The fourth-order valence-electron chi connectivity index (χ4n) is 3.55. The molecule has 2 atom stereocenters. The molecule has 0 unspecified atom stereocenters. The van der Waals surface area contributed by atoms with Crippen LogP contribution in [0.2, 0.25) is 0 Å². The Morgan fingerprint density at radius 2 is 2.11 bits per heavy atom. The highest BCUT2D eigenvalue weighted by molar-refractivity contribution is 5.93. The molecule has 3 rings (SSSR count). The van der Waals surface area contributed by atoms with Crippen molar-refractivity contribution in [1.82, 2.24) is 9.88 Å². The van der Waals surface area contributed by atoms with Crippen LogP contribution in [0, 0.1) is 5.82 Å². The van der Waals surface area contributed by atoms with E-state index in [0.717, 1.165) is 56.8 Å². The lowest BCUT2D eigenvalue weighted by Crippen LogP contribution is -2.42. The zero-order valence-electron chi connectivity index (χ0n) is 16.5. The quantitative estimate of drug-likeness (QED) is 0.588. The summed E-state index contributed by atoms with van der Waals surface area (Å²) in [5.41, 5.74) is 8.06. The van der Waals surface area contributed by atoms with E-state index in [1.54, 1.807) is 6.07 Å². The zero-order chi connectivity index (χ0) is 19.8. The topological polar surface area (TPSA) is 66.5 Å². The Morgan fingerprint density at radius 3 is 2.82 bits per heavy atom. The van der Waals surface area contributed by atoms with Crippen LogP contribution in [-0.2, 0) is 6.42 Å². The summed E-state index contributed by atoms with van der Waals surface area (Å²) in [5.74, 6) is 0.488. The van der Waals surface area contributed by atoms with Crippen LogP contribution < -0.4 is 11.1 Å². The van der Waals surface area contributed by atoms with Crippen LogP contribution in [0.15, 0.2) is 53.7 Å². The number of anilines is 1. The van der Waals surface area contributed by atoms with Crippen molar-refractivity contribution in [1.29, 1.82) is 0 Å². The average Bonchev–Trinajstić information content (AvgIpc) is 2.71. The van der Waals surface area contributed by atoms with Gasteiger partial charge in [-0.3, -0.25) is 4.98 Å². The van der Waals surface area contributed by atoms with E-state index >= 15 is 0 Å². The standard InChI is InChI=1S/C22H30FN5/c1-2-28(15-13-18-9-5-6-14-25-18)22(26-19-10-7-8-17(23)16-19)27-21-12-4-3-11-20(21)24/h5-10,14,16,20-21H,2-4,11-13,15,24H2,1H3,(H,26,27)/t20-,21-/m0/s1. The zero-order valence-corrected chi connectivity index (χ0v) is 16.5. The maximum Gasteiger partial charge on any atom is 0.198 e. The normalized spacial score (nSPS) is 20.0. The van der Waals surface area contributed by atoms with Gasteiger partial charge in [-0.1, -0.05) is 25.0 Å². The number of halogens is 1. The molecule has 28 heavy (non-hydrogen) atoms. The molecule has 5 nitrogen and oxygen atoms in total. The predicted octanol–water partition coefficient (Wildman–Crippen LogP) is 3.82. The maximum atomic E-state index is 13.7. The number of likely N-dealkylation sites (N-methyl/N-ethyl adjacent to an activating group) is 1. The molecule has 1 aromatic carbocycles. The van der Waals surface area contributed by atoms with Gasteiger partial charge in [0.15, 0.2) is 5.96 Å². The average molecular weight is 384 g/mol. The van der Waals surface area contributed by atoms with Crippen molar-refractivity contribution in [2.45, 2.75) is 51.1 Å². The molecule has 3 N–H and O–H groups in total. The van der Waals surface area contributed by atoms with Gasteiger partial charge in [0.1, 0.15) is 5.82 Å². The minimum absolute atomic E-state index is 0.0764. The van der Waals surface area contributed by atoms with Gasteiger partial charge in [0.05, 0.1) is 6.04 Å². The number of aliphatic imine (C=N–C) groups is 1. The number of nitrogens with one attached hydrogen (secondary N) is 1. The molecule has 1 aromatic heterocycles. The summed E-state index contributed by atoms with van der Waals surface area (Å²) in [4.78, 5) is 11.6. The van der Waals surface area contributed by atoms with Crippen molar-refractivity contribution in [3.63, 3.8) is 0 Å². The third kappa shape index (κ3) is 5.76. The number of benzene rings is 1. The Morgan fingerprint density at radius 1 is 1.25 bits per heavy atom. The number of pyridine rings is 1. The van der Waals surface area contributed by atoms with Gasteiger partial charge in [-0.2, -0.15) is 0 Å². The summed E-state index contributed by atoms with van der Waals surface area (Å²) in [7, 11) is 0. The van der Waals surface area contributed by atoms with Crippen LogP contribution in [0.25, 0.3) is 0 Å². The van der Waals surface area contributed by atoms with E-state index in [4.69, 9.17) is 10.7 Å². The molecule has 0 saturated heterocycles. The maximum absolute atomic E-state index is 13.7. The molecule has 1 aliphatic rings. The van der Waals surface area contributed by atoms with Crippen molar-refractivity contribution in [2.75, 3.05) is 18.4 Å². The summed E-state index contributed by atoms with van der Waals surface area (Å²) < 4.78 is 13.7. The van der Waals surface area contributed by atoms with Crippen molar-refractivity contribution in [3.05, 3.63) is 60.2 Å². The number of guanidine groups is 1. The van der Waals surface area contributed by atoms with Gasteiger partial charge in [-0.15, -0.1) is 0 Å². The van der Waals surface area contributed by atoms with E-state index in [1.807, 2.05) is 30.5 Å². The Hall–Kier alpha value is -2.47. The lowest BCUT2D eigenvalue weighted by Gasteiger charge is -2.30. The first-order chi connectivity index (χ1) is 13.7. The van der Waals surface area contributed by atoms with E-state index in [9.17, 15) is 4.39 Å². The van der Waals surface area contributed by atoms with Gasteiger partial charge in [0.2, 0.25) is 0 Å². The van der Waals surface area contributed by atoms with Crippen LogP contribution in [0.1, 0.15) is 38.3 Å². The van der Waals surface area contributed by atoms with E-state index in [-0.39, 0.29) is 17.9 Å². The van der Waals surface area contributed by atoms with Gasteiger partial charge in [0.25, 0.3) is 0 Å². The molecule has 150 valence electrons. The highest BCUT2D eigenvalue weighted by atomic mass is 19.1. The largest absolute Gasteiger partial charge is 0.343 e. The first-order valence-corrected chi connectivity index (χ1v) is 10.2. The number of aromatic nitrogens is 1. The van der Waals surface area contributed by atoms with E-state index in [0.29, 0.717) is 5.69 Å². The van der Waals surface area contributed by atoms with Crippen molar-refractivity contribution >= 4 is 11.6 Å². The Balaban J connectivity index is 1.80. The number of nitrogens with zero attached hydrogens (tertiary/aromatic N) is 3. The first-order valence-electron chi connectivity index (χ1n) is 10.2. The predicted molar refractivity (Wildman–Crippen MR) is 113 cm³/mol. The van der Waals surface area contributed by atoms with Crippen LogP contribution in [0.4, 0.5) is 10.1 Å². The Bertz CT molecular complexity index is 765. The fraction of sp³-hybridized carbons (Fsp3) is 0.455. The molecular weight excluding hydrogens is 353 g/mol. The minimum atomic E-state index is -0.268. The van der Waals surface area contributed by atoms with Gasteiger partial charge in [0, 0.05) is 43.1 Å². The van der Waals surface area contributed by atoms with E-state index in [2.05, 4.69) is 22.1 Å². The lowest BCUT2D eigenvalue weighted by atomic mass is 9.91. The van der Waals surface area contributed by atoms with Crippen molar-refractivity contribution in [2.24, 2.45) is 10.7 Å². The molecule has 0 bridgehead atoms. The lowest BCUT2D eigenvalue weighted by molar-refractivity contribution is 0.375. The van der Waals surface area contributed by atoms with Gasteiger partial charge < -0.3 is 16.0 Å². The summed E-state index contributed by atoms with van der Waals surface area (Å²) in [6.07, 6.45) is 6.93. The van der Waals surface area contributed by atoms with E-state index in [1.165, 1.54) is 12.1 Å². The molecule has 1 saturated carbocycles. The first kappa shape index (κ1) is 20.3. The minimum Gasteiger partial charge on any atom is -0.343 e. The van der Waals surface area contributed by atoms with Gasteiger partial charge in [-0.25, -0.2) is 9.38 Å². The van der Waals surface area contributed by atoms with Crippen molar-refractivity contribution < 1.29 is 4.39 Å². The molecule has 1 heterocycles. The SMILES string of the molecule is CCN(CCc1ccccn1)C(=N[C@H]1CCCC[C@@H]1N)Nc1cccc(F)c1. The Kier molecular flexibility index (Phi) is 7.37. The summed E-state index contributed by atoms with van der Waals surface area (Å²) in [6, 6.07) is 12.6. The molecule has 0 aliphatic heterocycles. The highest BCUT2D eigenvalue weighted by Crippen LogP contribution is 2.21. The van der Waals surface area contributed by atoms with E-state index < -0.39 is 0 Å². The molecule has 0 radical (unpaired) electrons. The molecular formula is C22H30FN5. The van der Waals surface area contributed by atoms with Crippen LogP contribution in [0.5, 0.6) is 0 Å². The number of hydrogen-bond acceptors (Lipinski definition) is 3. The molecule has 2 aromatic rings. The molecule has 0 amide bonds. The summed E-state index contributed by atoms with van der Waals surface area (Å²) in [6.45, 7) is 3.66. The molecule has 6 heteroatoms. The number of nitrogens with two attached hydrogens (primary N) is 1. The number of hydrogen-bond donors (Lipinski definition) is 2. The van der Waals surface area contributed by atoms with Crippen LogP contribution >= 0.6 is 0 Å². The van der Waals surface area contributed by atoms with Crippen LogP contribution in [0.3, 0.4) is 0 Å². The smallest absolute Gasteiger partial charge is 0.198 e. The van der Waals surface area contributed by atoms with Gasteiger partial charge in [-0.05, 0) is 50.1 Å².